The van der Waals surface area contributed by atoms with E-state index in [1.54, 1.807) is 30.7 Å². The van der Waals surface area contributed by atoms with Crippen molar-refractivity contribution in [3.8, 4) is 33.2 Å². The summed E-state index contributed by atoms with van der Waals surface area (Å²) in [5, 5.41) is 6.22. The smallest absolute Gasteiger partial charge is 0.343 e. The van der Waals surface area contributed by atoms with E-state index in [-0.39, 0.29) is 12.2 Å². The Morgan fingerprint density at radius 3 is 2.61 bits per heavy atom. The number of esters is 1. The summed E-state index contributed by atoms with van der Waals surface area (Å²) in [4.78, 5) is 30.7. The predicted octanol–water partition coefficient (Wildman–Crippen LogP) is 6.56. The Morgan fingerprint density at radius 2 is 1.81 bits per heavy atom. The normalized spacial score (nSPS) is 10.7. The first-order valence-corrected chi connectivity index (χ1v) is 12.3. The number of hydrogen-bond donors (Lipinski definition) is 1. The average molecular weight is 494 g/mol. The number of aryl methyl sites for hydroxylation is 1. The zero-order valence-electron chi connectivity index (χ0n) is 19.8. The second kappa shape index (κ2) is 10.5. The van der Waals surface area contributed by atoms with Gasteiger partial charge >= 0.3 is 5.97 Å². The average Bonchev–Trinajstić information content (AvgIpc) is 3.40. The number of pyridine rings is 1. The second-order valence-electron chi connectivity index (χ2n) is 8.03. The molecule has 7 nitrogen and oxygen atoms in total. The molecule has 0 atom stereocenters. The maximum absolute atomic E-state index is 12.6. The van der Waals surface area contributed by atoms with Crippen molar-refractivity contribution >= 4 is 28.8 Å². The van der Waals surface area contributed by atoms with Crippen LogP contribution >= 0.6 is 11.3 Å². The van der Waals surface area contributed by atoms with Crippen LogP contribution in [0, 0.1) is 6.92 Å². The minimum atomic E-state index is -0.479. The standard InChI is InChI=1S/C28H23N5O2S/c1-3-35-28(34)23-16-30-25(20-9-4-7-18(2)13-20)33-26(23)31-22-11-5-8-19(14-22)24-17-36-27(32-24)21-10-6-12-29-15-21/h4-17H,3H2,1-2H3,(H,30,31,33). The van der Waals surface area contributed by atoms with Gasteiger partial charge in [0.1, 0.15) is 16.4 Å². The minimum Gasteiger partial charge on any atom is -0.462 e. The lowest BCUT2D eigenvalue weighted by Gasteiger charge is -2.13. The van der Waals surface area contributed by atoms with E-state index in [0.29, 0.717) is 11.6 Å². The highest BCUT2D eigenvalue weighted by atomic mass is 32.1. The number of nitrogens with zero attached hydrogens (tertiary/aromatic N) is 4. The molecule has 2 aromatic carbocycles. The van der Waals surface area contributed by atoms with Gasteiger partial charge in [-0.15, -0.1) is 11.3 Å². The van der Waals surface area contributed by atoms with Gasteiger partial charge < -0.3 is 10.1 Å². The summed E-state index contributed by atoms with van der Waals surface area (Å²) in [5.41, 5.74) is 5.78. The molecule has 0 aliphatic rings. The highest BCUT2D eigenvalue weighted by molar-refractivity contribution is 7.13. The Bertz CT molecular complexity index is 1520. The molecule has 0 unspecified atom stereocenters. The van der Waals surface area contributed by atoms with E-state index in [4.69, 9.17) is 9.72 Å². The van der Waals surface area contributed by atoms with Crippen LogP contribution in [-0.4, -0.2) is 32.5 Å². The summed E-state index contributed by atoms with van der Waals surface area (Å²) < 4.78 is 5.24. The summed E-state index contributed by atoms with van der Waals surface area (Å²) >= 11 is 1.57. The molecule has 1 N–H and O–H groups in total. The van der Waals surface area contributed by atoms with Crippen LogP contribution in [0.2, 0.25) is 0 Å². The number of anilines is 2. The molecule has 0 radical (unpaired) electrons. The molecular formula is C28H23N5O2S. The van der Waals surface area contributed by atoms with Crippen LogP contribution in [0.4, 0.5) is 11.5 Å². The van der Waals surface area contributed by atoms with Gasteiger partial charge in [0.15, 0.2) is 5.82 Å². The van der Waals surface area contributed by atoms with Gasteiger partial charge in [0.25, 0.3) is 0 Å². The molecule has 8 heteroatoms. The Labute approximate surface area is 212 Å². The third-order valence-electron chi connectivity index (χ3n) is 5.39. The van der Waals surface area contributed by atoms with Gasteiger partial charge in [-0.2, -0.15) is 0 Å². The highest BCUT2D eigenvalue weighted by Crippen LogP contribution is 2.31. The van der Waals surface area contributed by atoms with Crippen molar-refractivity contribution in [3.63, 3.8) is 0 Å². The van der Waals surface area contributed by atoms with Gasteiger partial charge in [-0.05, 0) is 44.2 Å². The van der Waals surface area contributed by atoms with Crippen LogP contribution in [0.3, 0.4) is 0 Å². The van der Waals surface area contributed by atoms with Gasteiger partial charge in [-0.1, -0.05) is 35.9 Å². The summed E-state index contributed by atoms with van der Waals surface area (Å²) in [6.07, 6.45) is 5.06. The number of ether oxygens (including phenoxy) is 1. The van der Waals surface area contributed by atoms with Crippen molar-refractivity contribution in [1.29, 1.82) is 0 Å². The molecule has 0 amide bonds. The first-order valence-electron chi connectivity index (χ1n) is 11.5. The Kier molecular flexibility index (Phi) is 6.77. The van der Waals surface area contributed by atoms with E-state index >= 15 is 0 Å². The molecule has 178 valence electrons. The molecule has 0 saturated carbocycles. The second-order valence-corrected chi connectivity index (χ2v) is 8.89. The Morgan fingerprint density at radius 1 is 0.972 bits per heavy atom. The largest absolute Gasteiger partial charge is 0.462 e. The van der Waals surface area contributed by atoms with Crippen molar-refractivity contribution in [2.75, 3.05) is 11.9 Å². The Balaban J connectivity index is 1.48. The summed E-state index contributed by atoms with van der Waals surface area (Å²) in [5.74, 6) is 0.421. The van der Waals surface area contributed by atoms with Crippen LogP contribution in [0.1, 0.15) is 22.8 Å². The van der Waals surface area contributed by atoms with Crippen molar-refractivity contribution in [1.82, 2.24) is 19.9 Å². The molecular weight excluding hydrogens is 470 g/mol. The summed E-state index contributed by atoms with van der Waals surface area (Å²) in [6, 6.07) is 19.6. The van der Waals surface area contributed by atoms with Crippen LogP contribution in [0.25, 0.3) is 33.2 Å². The molecule has 3 aromatic heterocycles. The maximum Gasteiger partial charge on any atom is 0.343 e. The number of aromatic nitrogens is 4. The van der Waals surface area contributed by atoms with E-state index in [1.165, 1.54) is 6.20 Å². The lowest BCUT2D eigenvalue weighted by Crippen LogP contribution is -2.11. The summed E-state index contributed by atoms with van der Waals surface area (Å²) in [7, 11) is 0. The van der Waals surface area contributed by atoms with E-state index in [9.17, 15) is 4.79 Å². The number of hydrogen-bond acceptors (Lipinski definition) is 8. The molecule has 0 fully saturated rings. The number of benzene rings is 2. The van der Waals surface area contributed by atoms with E-state index in [0.717, 1.165) is 38.6 Å². The molecule has 0 aliphatic heterocycles. The molecule has 0 saturated heterocycles. The summed E-state index contributed by atoms with van der Waals surface area (Å²) in [6.45, 7) is 4.04. The molecule has 36 heavy (non-hydrogen) atoms. The number of thiazole rings is 1. The van der Waals surface area contributed by atoms with Crippen molar-refractivity contribution in [2.45, 2.75) is 13.8 Å². The monoisotopic (exact) mass is 493 g/mol. The Hall–Kier alpha value is -4.43. The molecule has 0 aliphatic carbocycles. The molecule has 5 rings (SSSR count). The van der Waals surface area contributed by atoms with Crippen molar-refractivity contribution < 1.29 is 9.53 Å². The SMILES string of the molecule is CCOC(=O)c1cnc(-c2cccc(C)c2)nc1Nc1cccc(-c2csc(-c3cccnc3)n2)c1. The van der Waals surface area contributed by atoms with Crippen molar-refractivity contribution in [2.24, 2.45) is 0 Å². The van der Waals surface area contributed by atoms with Crippen molar-refractivity contribution in [3.05, 3.63) is 95.8 Å². The lowest BCUT2D eigenvalue weighted by atomic mass is 10.1. The van der Waals surface area contributed by atoms with E-state index < -0.39 is 5.97 Å². The van der Waals surface area contributed by atoms with Crippen LogP contribution < -0.4 is 5.32 Å². The van der Waals surface area contributed by atoms with E-state index in [1.807, 2.05) is 73.0 Å². The van der Waals surface area contributed by atoms with E-state index in [2.05, 4.69) is 20.3 Å². The van der Waals surface area contributed by atoms with Gasteiger partial charge in [0, 0.05) is 46.3 Å². The van der Waals surface area contributed by atoms with Gasteiger partial charge in [-0.25, -0.2) is 19.7 Å². The number of nitrogens with one attached hydrogen (secondary N) is 1. The highest BCUT2D eigenvalue weighted by Gasteiger charge is 2.17. The topological polar surface area (TPSA) is 89.9 Å². The van der Waals surface area contributed by atoms with Crippen LogP contribution in [0.15, 0.2) is 84.6 Å². The lowest BCUT2D eigenvalue weighted by molar-refractivity contribution is 0.0526. The van der Waals surface area contributed by atoms with Gasteiger partial charge in [-0.3, -0.25) is 4.98 Å². The maximum atomic E-state index is 12.6. The number of carbonyl (C=O) groups excluding carboxylic acids is 1. The number of carbonyl (C=O) groups is 1. The minimum absolute atomic E-state index is 0.260. The molecule has 3 heterocycles. The zero-order chi connectivity index (χ0) is 24.9. The zero-order valence-corrected chi connectivity index (χ0v) is 20.6. The number of rotatable bonds is 7. The first kappa shape index (κ1) is 23.3. The fourth-order valence-electron chi connectivity index (χ4n) is 3.68. The van der Waals surface area contributed by atoms with Gasteiger partial charge in [0.05, 0.1) is 12.3 Å². The first-order chi connectivity index (χ1) is 17.6. The van der Waals surface area contributed by atoms with Gasteiger partial charge in [0.2, 0.25) is 0 Å². The fourth-order valence-corrected chi connectivity index (χ4v) is 4.50. The van der Waals surface area contributed by atoms with Crippen LogP contribution in [-0.2, 0) is 4.74 Å². The third-order valence-corrected chi connectivity index (χ3v) is 6.29. The fraction of sp³-hybridized carbons (Fsp3) is 0.107. The molecule has 5 aromatic rings. The molecule has 0 spiro atoms. The third kappa shape index (κ3) is 5.13. The van der Waals surface area contributed by atoms with Crippen LogP contribution in [0.5, 0.6) is 0 Å². The predicted molar refractivity (Wildman–Crippen MR) is 142 cm³/mol. The molecule has 0 bridgehead atoms. The quantitative estimate of drug-likeness (QED) is 0.257.